The zero-order valence-corrected chi connectivity index (χ0v) is 11.5. The maximum Gasteiger partial charge on any atom is 0.0701 e. The number of hydrogen-bond donors (Lipinski definition) is 1. The van der Waals surface area contributed by atoms with E-state index in [0.717, 1.165) is 30.6 Å². The molecule has 3 rings (SSSR count). The molecule has 3 aliphatic carbocycles. The van der Waals surface area contributed by atoms with E-state index in [1.165, 1.54) is 44.9 Å². The van der Waals surface area contributed by atoms with Crippen LogP contribution in [0.5, 0.6) is 0 Å². The van der Waals surface area contributed by atoms with Crippen LogP contribution in [-0.2, 0) is 0 Å². The summed E-state index contributed by atoms with van der Waals surface area (Å²) in [4.78, 5) is 0. The lowest BCUT2D eigenvalue weighted by Crippen LogP contribution is -2.48. The van der Waals surface area contributed by atoms with E-state index < -0.39 is 0 Å². The van der Waals surface area contributed by atoms with Gasteiger partial charge in [-0.3, -0.25) is 0 Å². The fourth-order valence-corrected chi connectivity index (χ4v) is 4.99. The molecule has 3 aliphatic rings. The third kappa shape index (κ3) is 1.95. The molecule has 0 saturated heterocycles. The van der Waals surface area contributed by atoms with Gasteiger partial charge in [-0.15, -0.1) is 0 Å². The molecule has 1 N–H and O–H groups in total. The minimum atomic E-state index is -0.361. The lowest BCUT2D eigenvalue weighted by atomic mass is 9.61. The maximum atomic E-state index is 11.1. The Bertz CT molecular complexity index is 296. The van der Waals surface area contributed by atoms with E-state index in [1.807, 2.05) is 0 Å². The maximum absolute atomic E-state index is 11.1. The van der Waals surface area contributed by atoms with Gasteiger partial charge in [0, 0.05) is 0 Å². The van der Waals surface area contributed by atoms with Crippen LogP contribution in [-0.4, -0.2) is 10.7 Å². The minimum absolute atomic E-state index is 0.146. The van der Waals surface area contributed by atoms with Crippen molar-refractivity contribution in [2.24, 2.45) is 23.2 Å². The first-order chi connectivity index (χ1) is 8.00. The smallest absolute Gasteiger partial charge is 0.0701 e. The number of hydrogen-bond acceptors (Lipinski definition) is 1. The van der Waals surface area contributed by atoms with Crippen molar-refractivity contribution >= 4 is 0 Å². The summed E-state index contributed by atoms with van der Waals surface area (Å²) < 4.78 is 0. The molecule has 1 nitrogen and oxygen atoms in total. The van der Waals surface area contributed by atoms with Gasteiger partial charge in [0.15, 0.2) is 0 Å². The third-order valence-electron chi connectivity index (χ3n) is 6.39. The predicted octanol–water partition coefficient (Wildman–Crippen LogP) is 4.14. The fraction of sp³-hybridized carbons (Fsp3) is 1.00. The molecule has 0 amide bonds. The average molecular weight is 236 g/mol. The first kappa shape index (κ1) is 12.0. The van der Waals surface area contributed by atoms with Gasteiger partial charge in [-0.2, -0.15) is 0 Å². The summed E-state index contributed by atoms with van der Waals surface area (Å²) in [6.45, 7) is 4.58. The summed E-state index contributed by atoms with van der Waals surface area (Å²) in [7, 11) is 0. The van der Waals surface area contributed by atoms with Gasteiger partial charge in [-0.05, 0) is 61.7 Å². The monoisotopic (exact) mass is 236 g/mol. The summed E-state index contributed by atoms with van der Waals surface area (Å²) >= 11 is 0. The van der Waals surface area contributed by atoms with Gasteiger partial charge < -0.3 is 5.11 Å². The molecule has 0 spiro atoms. The molecule has 2 bridgehead atoms. The predicted molar refractivity (Wildman–Crippen MR) is 70.8 cm³/mol. The first-order valence-corrected chi connectivity index (χ1v) is 7.73. The van der Waals surface area contributed by atoms with E-state index in [4.69, 9.17) is 0 Å². The molecule has 0 heterocycles. The van der Waals surface area contributed by atoms with Crippen molar-refractivity contribution in [1.29, 1.82) is 0 Å². The largest absolute Gasteiger partial charge is 0.389 e. The second kappa shape index (κ2) is 3.98. The van der Waals surface area contributed by atoms with Crippen molar-refractivity contribution in [3.63, 3.8) is 0 Å². The standard InChI is InChI=1S/C16H28O/c1-15(2)7-3-4-8-16(15,17)11-14-10-12-5-6-13(14)9-12/h12-14,17H,3-11H2,1-2H3. The van der Waals surface area contributed by atoms with Crippen LogP contribution >= 0.6 is 0 Å². The van der Waals surface area contributed by atoms with E-state index in [1.54, 1.807) is 0 Å². The molecule has 98 valence electrons. The van der Waals surface area contributed by atoms with Crippen molar-refractivity contribution < 1.29 is 5.11 Å². The minimum Gasteiger partial charge on any atom is -0.389 e. The molecule has 0 aromatic heterocycles. The highest BCUT2D eigenvalue weighted by molar-refractivity contribution is 5.01. The van der Waals surface area contributed by atoms with Gasteiger partial charge in [0.25, 0.3) is 0 Å². The quantitative estimate of drug-likeness (QED) is 0.764. The zero-order valence-electron chi connectivity index (χ0n) is 11.5. The molecular formula is C16H28O. The molecule has 4 unspecified atom stereocenters. The SMILES string of the molecule is CC1(C)CCCCC1(O)CC1CC2CCC1C2. The molecular weight excluding hydrogens is 208 g/mol. The normalized spacial score (nSPS) is 48.5. The third-order valence-corrected chi connectivity index (χ3v) is 6.39. The summed E-state index contributed by atoms with van der Waals surface area (Å²) in [5.41, 5.74) is -0.215. The lowest BCUT2D eigenvalue weighted by molar-refractivity contribution is -0.115. The Morgan fingerprint density at radius 1 is 1.06 bits per heavy atom. The summed E-state index contributed by atoms with van der Waals surface area (Å²) in [5, 5.41) is 11.1. The zero-order chi connectivity index (χ0) is 12.1. The van der Waals surface area contributed by atoms with Crippen molar-refractivity contribution in [2.75, 3.05) is 0 Å². The van der Waals surface area contributed by atoms with Crippen LogP contribution in [0.1, 0.15) is 71.6 Å². The van der Waals surface area contributed by atoms with Crippen molar-refractivity contribution in [2.45, 2.75) is 77.2 Å². The van der Waals surface area contributed by atoms with Gasteiger partial charge in [0.2, 0.25) is 0 Å². The lowest BCUT2D eigenvalue weighted by Gasteiger charge is -2.48. The van der Waals surface area contributed by atoms with E-state index in [-0.39, 0.29) is 11.0 Å². The molecule has 0 aromatic rings. The van der Waals surface area contributed by atoms with Gasteiger partial charge in [0.05, 0.1) is 5.60 Å². The van der Waals surface area contributed by atoms with E-state index in [0.29, 0.717) is 0 Å². The summed E-state index contributed by atoms with van der Waals surface area (Å²) in [5.74, 6) is 2.82. The molecule has 17 heavy (non-hydrogen) atoms. The summed E-state index contributed by atoms with van der Waals surface area (Å²) in [6.07, 6.45) is 11.7. The van der Waals surface area contributed by atoms with Crippen LogP contribution in [0.4, 0.5) is 0 Å². The Morgan fingerprint density at radius 2 is 1.82 bits per heavy atom. The van der Waals surface area contributed by atoms with E-state index >= 15 is 0 Å². The van der Waals surface area contributed by atoms with Crippen molar-refractivity contribution in [3.05, 3.63) is 0 Å². The molecule has 0 aromatic carbocycles. The Morgan fingerprint density at radius 3 is 2.41 bits per heavy atom. The van der Waals surface area contributed by atoms with Gasteiger partial charge in [-0.1, -0.05) is 33.1 Å². The highest BCUT2D eigenvalue weighted by Gasteiger charge is 2.49. The average Bonchev–Trinajstić information content (AvgIpc) is 2.84. The molecule has 0 radical (unpaired) electrons. The number of aliphatic hydroxyl groups is 1. The van der Waals surface area contributed by atoms with E-state index in [2.05, 4.69) is 13.8 Å². The van der Waals surface area contributed by atoms with Gasteiger partial charge in [-0.25, -0.2) is 0 Å². The number of rotatable bonds is 2. The van der Waals surface area contributed by atoms with Crippen molar-refractivity contribution in [3.8, 4) is 0 Å². The Kier molecular flexibility index (Phi) is 2.81. The Balaban J connectivity index is 1.70. The second-order valence-corrected chi connectivity index (χ2v) is 7.76. The fourth-order valence-electron chi connectivity index (χ4n) is 4.99. The number of fused-ring (bicyclic) bond motifs is 2. The van der Waals surface area contributed by atoms with Gasteiger partial charge >= 0.3 is 0 Å². The van der Waals surface area contributed by atoms with Crippen LogP contribution in [0, 0.1) is 23.2 Å². The molecule has 3 saturated carbocycles. The summed E-state index contributed by atoms with van der Waals surface area (Å²) in [6, 6.07) is 0. The van der Waals surface area contributed by atoms with Crippen LogP contribution < -0.4 is 0 Å². The topological polar surface area (TPSA) is 20.2 Å². The Hall–Kier alpha value is -0.0400. The first-order valence-electron chi connectivity index (χ1n) is 7.73. The van der Waals surface area contributed by atoms with Crippen molar-refractivity contribution in [1.82, 2.24) is 0 Å². The van der Waals surface area contributed by atoms with Gasteiger partial charge in [0.1, 0.15) is 0 Å². The van der Waals surface area contributed by atoms with Crippen LogP contribution in [0.25, 0.3) is 0 Å². The molecule has 4 atom stereocenters. The highest BCUT2D eigenvalue weighted by atomic mass is 16.3. The van der Waals surface area contributed by atoms with E-state index in [9.17, 15) is 5.11 Å². The molecule has 1 heteroatoms. The highest BCUT2D eigenvalue weighted by Crippen LogP contribution is 2.55. The van der Waals surface area contributed by atoms with Crippen LogP contribution in [0.15, 0.2) is 0 Å². The second-order valence-electron chi connectivity index (χ2n) is 7.76. The molecule has 3 fully saturated rings. The van der Waals surface area contributed by atoms with Crippen LogP contribution in [0.2, 0.25) is 0 Å². The Labute approximate surface area is 106 Å². The van der Waals surface area contributed by atoms with Crippen LogP contribution in [0.3, 0.4) is 0 Å². The molecule has 0 aliphatic heterocycles.